The quantitative estimate of drug-likeness (QED) is 0.716. The minimum atomic E-state index is -0.778. The fraction of sp³-hybridized carbons (Fsp3) is 0.625. The summed E-state index contributed by atoms with van der Waals surface area (Å²) < 4.78 is 0. The van der Waals surface area contributed by atoms with E-state index in [9.17, 15) is 4.79 Å². The maximum atomic E-state index is 10.6. The SMILES string of the molecule is Cc1nc(C2(CC(=O)O)CC2)n[nH]1. The maximum Gasteiger partial charge on any atom is 0.304 e. The summed E-state index contributed by atoms with van der Waals surface area (Å²) in [5.74, 6) is 0.624. The van der Waals surface area contributed by atoms with Gasteiger partial charge in [-0.1, -0.05) is 0 Å². The van der Waals surface area contributed by atoms with Crippen LogP contribution in [0.3, 0.4) is 0 Å². The number of carboxylic acid groups (broad SMARTS) is 1. The van der Waals surface area contributed by atoms with Gasteiger partial charge in [0.1, 0.15) is 5.82 Å². The highest BCUT2D eigenvalue weighted by Crippen LogP contribution is 2.49. The fourth-order valence-electron chi connectivity index (χ4n) is 1.50. The van der Waals surface area contributed by atoms with Crippen molar-refractivity contribution < 1.29 is 9.90 Å². The summed E-state index contributed by atoms with van der Waals surface area (Å²) in [7, 11) is 0. The molecule has 1 aromatic heterocycles. The molecule has 0 radical (unpaired) electrons. The van der Waals surface area contributed by atoms with Gasteiger partial charge in [0, 0.05) is 5.41 Å². The predicted molar refractivity (Wildman–Crippen MR) is 44.3 cm³/mol. The molecule has 1 fully saturated rings. The molecule has 0 unspecified atom stereocenters. The molecule has 0 aromatic carbocycles. The highest BCUT2D eigenvalue weighted by Gasteiger charge is 2.49. The van der Waals surface area contributed by atoms with Crippen molar-refractivity contribution in [1.29, 1.82) is 0 Å². The van der Waals surface area contributed by atoms with Gasteiger partial charge in [0.2, 0.25) is 0 Å². The third-order valence-corrected chi connectivity index (χ3v) is 2.41. The van der Waals surface area contributed by atoms with E-state index in [4.69, 9.17) is 5.11 Å². The second-order valence-electron chi connectivity index (χ2n) is 3.60. The molecule has 0 aliphatic heterocycles. The van der Waals surface area contributed by atoms with Gasteiger partial charge in [-0.3, -0.25) is 9.89 Å². The first kappa shape index (κ1) is 8.22. The Hall–Kier alpha value is -1.39. The van der Waals surface area contributed by atoms with Gasteiger partial charge < -0.3 is 5.11 Å². The molecule has 13 heavy (non-hydrogen) atoms. The van der Waals surface area contributed by atoms with Gasteiger partial charge in [0.25, 0.3) is 0 Å². The fourth-order valence-corrected chi connectivity index (χ4v) is 1.50. The number of H-pyrrole nitrogens is 1. The molecule has 2 rings (SSSR count). The number of hydrogen-bond acceptors (Lipinski definition) is 3. The van der Waals surface area contributed by atoms with E-state index in [1.54, 1.807) is 0 Å². The maximum absolute atomic E-state index is 10.6. The first-order valence-electron chi connectivity index (χ1n) is 4.24. The Bertz CT molecular complexity index is 341. The molecule has 70 valence electrons. The van der Waals surface area contributed by atoms with E-state index in [-0.39, 0.29) is 11.8 Å². The lowest BCUT2D eigenvalue weighted by atomic mass is 10.0. The number of hydrogen-bond donors (Lipinski definition) is 2. The van der Waals surface area contributed by atoms with E-state index in [2.05, 4.69) is 15.2 Å². The topological polar surface area (TPSA) is 78.9 Å². The molecule has 0 spiro atoms. The number of carbonyl (C=O) groups is 1. The third-order valence-electron chi connectivity index (χ3n) is 2.41. The molecule has 1 aromatic rings. The lowest BCUT2D eigenvalue weighted by Crippen LogP contribution is -2.14. The Kier molecular flexibility index (Phi) is 1.61. The van der Waals surface area contributed by atoms with Gasteiger partial charge in [-0.2, -0.15) is 5.10 Å². The first-order chi connectivity index (χ1) is 6.12. The van der Waals surface area contributed by atoms with Crippen LogP contribution >= 0.6 is 0 Å². The Morgan fingerprint density at radius 1 is 1.69 bits per heavy atom. The molecular formula is C8H11N3O2. The van der Waals surface area contributed by atoms with Gasteiger partial charge in [-0.25, -0.2) is 4.98 Å². The summed E-state index contributed by atoms with van der Waals surface area (Å²) >= 11 is 0. The number of carboxylic acids is 1. The highest BCUT2D eigenvalue weighted by molar-refractivity contribution is 5.69. The van der Waals surface area contributed by atoms with Crippen LogP contribution in [0.5, 0.6) is 0 Å². The van der Waals surface area contributed by atoms with E-state index in [1.165, 1.54) is 0 Å². The summed E-state index contributed by atoms with van der Waals surface area (Å²) in [5, 5.41) is 15.4. The lowest BCUT2D eigenvalue weighted by Gasteiger charge is -2.05. The van der Waals surface area contributed by atoms with Crippen LogP contribution in [0.15, 0.2) is 0 Å². The minimum absolute atomic E-state index is 0.143. The molecule has 1 saturated carbocycles. The largest absolute Gasteiger partial charge is 0.481 e. The van der Waals surface area contributed by atoms with Gasteiger partial charge >= 0.3 is 5.97 Å². The Balaban J connectivity index is 2.20. The van der Waals surface area contributed by atoms with Crippen LogP contribution in [0.25, 0.3) is 0 Å². The molecule has 0 amide bonds. The van der Waals surface area contributed by atoms with Crippen molar-refractivity contribution in [3.05, 3.63) is 11.6 Å². The normalized spacial score (nSPS) is 18.5. The lowest BCUT2D eigenvalue weighted by molar-refractivity contribution is -0.137. The molecule has 5 nitrogen and oxygen atoms in total. The number of aliphatic carboxylic acids is 1. The standard InChI is InChI=1S/C8H11N3O2/c1-5-9-7(11-10-5)8(2-3-8)4-6(12)13/h2-4H2,1H3,(H,12,13)(H,9,10,11). The number of nitrogens with one attached hydrogen (secondary N) is 1. The Morgan fingerprint density at radius 2 is 2.38 bits per heavy atom. The summed E-state index contributed by atoms with van der Waals surface area (Å²) in [4.78, 5) is 14.7. The molecule has 0 atom stereocenters. The second-order valence-corrected chi connectivity index (χ2v) is 3.60. The summed E-state index contributed by atoms with van der Waals surface area (Å²) in [5.41, 5.74) is -0.267. The average molecular weight is 181 g/mol. The van der Waals surface area contributed by atoms with Crippen molar-refractivity contribution in [1.82, 2.24) is 15.2 Å². The van der Waals surface area contributed by atoms with E-state index in [0.29, 0.717) is 5.82 Å². The molecule has 0 saturated heterocycles. The number of rotatable bonds is 3. The van der Waals surface area contributed by atoms with Crippen LogP contribution in [0.2, 0.25) is 0 Å². The van der Waals surface area contributed by atoms with Crippen LogP contribution < -0.4 is 0 Å². The molecule has 2 N–H and O–H groups in total. The summed E-state index contributed by atoms with van der Waals surface area (Å²) in [6.07, 6.45) is 1.91. The van der Waals surface area contributed by atoms with Crippen molar-refractivity contribution in [3.63, 3.8) is 0 Å². The number of aryl methyl sites for hydroxylation is 1. The van der Waals surface area contributed by atoms with E-state index in [1.807, 2.05) is 6.92 Å². The number of aromatic nitrogens is 3. The highest BCUT2D eigenvalue weighted by atomic mass is 16.4. The smallest absolute Gasteiger partial charge is 0.304 e. The monoisotopic (exact) mass is 181 g/mol. The molecule has 0 bridgehead atoms. The van der Waals surface area contributed by atoms with Crippen molar-refractivity contribution >= 4 is 5.97 Å². The van der Waals surface area contributed by atoms with Crippen molar-refractivity contribution in [2.45, 2.75) is 31.6 Å². The zero-order chi connectivity index (χ0) is 9.47. The van der Waals surface area contributed by atoms with E-state index >= 15 is 0 Å². The number of aromatic amines is 1. The minimum Gasteiger partial charge on any atom is -0.481 e. The Labute approximate surface area is 75.2 Å². The van der Waals surface area contributed by atoms with Gasteiger partial charge in [-0.05, 0) is 19.8 Å². The van der Waals surface area contributed by atoms with E-state index < -0.39 is 5.97 Å². The molecule has 1 heterocycles. The van der Waals surface area contributed by atoms with Crippen molar-refractivity contribution in [2.75, 3.05) is 0 Å². The molecule has 5 heteroatoms. The number of nitrogens with zero attached hydrogens (tertiary/aromatic N) is 2. The molecule has 1 aliphatic rings. The third kappa shape index (κ3) is 1.41. The van der Waals surface area contributed by atoms with Crippen molar-refractivity contribution in [2.24, 2.45) is 0 Å². The zero-order valence-corrected chi connectivity index (χ0v) is 7.37. The second kappa shape index (κ2) is 2.55. The predicted octanol–water partition coefficient (Wildman–Crippen LogP) is 0.619. The van der Waals surface area contributed by atoms with Crippen LogP contribution in [-0.2, 0) is 10.2 Å². The summed E-state index contributed by atoms with van der Waals surface area (Å²) in [6, 6.07) is 0. The summed E-state index contributed by atoms with van der Waals surface area (Å²) in [6.45, 7) is 1.81. The van der Waals surface area contributed by atoms with Crippen LogP contribution in [0.1, 0.15) is 30.9 Å². The van der Waals surface area contributed by atoms with Crippen LogP contribution in [-0.4, -0.2) is 26.3 Å². The van der Waals surface area contributed by atoms with Gasteiger partial charge in [0.15, 0.2) is 5.82 Å². The molecular weight excluding hydrogens is 170 g/mol. The van der Waals surface area contributed by atoms with E-state index in [0.717, 1.165) is 18.7 Å². The van der Waals surface area contributed by atoms with Gasteiger partial charge in [-0.15, -0.1) is 0 Å². The first-order valence-corrected chi connectivity index (χ1v) is 4.24. The van der Waals surface area contributed by atoms with Gasteiger partial charge in [0.05, 0.1) is 6.42 Å². The molecule has 1 aliphatic carbocycles. The van der Waals surface area contributed by atoms with Crippen LogP contribution in [0.4, 0.5) is 0 Å². The van der Waals surface area contributed by atoms with Crippen molar-refractivity contribution in [3.8, 4) is 0 Å². The van der Waals surface area contributed by atoms with Crippen LogP contribution in [0, 0.1) is 6.92 Å². The zero-order valence-electron chi connectivity index (χ0n) is 7.37. The average Bonchev–Trinajstić information content (AvgIpc) is 2.65. The Morgan fingerprint density at radius 3 is 2.77 bits per heavy atom.